The van der Waals surface area contributed by atoms with Crippen LogP contribution in [0.5, 0.6) is 0 Å². The summed E-state index contributed by atoms with van der Waals surface area (Å²) < 4.78 is 0. The van der Waals surface area contributed by atoms with Crippen molar-refractivity contribution >= 4 is 17.6 Å². The zero-order chi connectivity index (χ0) is 19.8. The molecule has 0 radical (unpaired) electrons. The molecular formula is C21H29N5O2. The molecular weight excluding hydrogens is 354 g/mol. The van der Waals surface area contributed by atoms with Crippen LogP contribution in [0.25, 0.3) is 0 Å². The third-order valence-corrected chi connectivity index (χ3v) is 5.79. The second kappa shape index (κ2) is 9.65. The van der Waals surface area contributed by atoms with Crippen molar-refractivity contribution < 1.29 is 9.59 Å². The van der Waals surface area contributed by atoms with Gasteiger partial charge in [0.1, 0.15) is 11.4 Å². The highest BCUT2D eigenvalue weighted by Gasteiger charge is 2.33. The van der Waals surface area contributed by atoms with Gasteiger partial charge in [-0.05, 0) is 50.9 Å². The number of pyridine rings is 1. The highest BCUT2D eigenvalue weighted by molar-refractivity contribution is 5.91. The van der Waals surface area contributed by atoms with Gasteiger partial charge in [-0.1, -0.05) is 31.7 Å². The topological polar surface area (TPSA) is 98.1 Å². The van der Waals surface area contributed by atoms with Gasteiger partial charge in [-0.3, -0.25) is 14.5 Å². The average molecular weight is 383 g/mol. The lowest BCUT2D eigenvalue weighted by Crippen LogP contribution is -2.51. The van der Waals surface area contributed by atoms with Crippen LogP contribution in [0.4, 0.5) is 5.82 Å². The zero-order valence-electron chi connectivity index (χ0n) is 16.3. The average Bonchev–Trinajstić information content (AvgIpc) is 2.95. The molecule has 7 heteroatoms. The number of likely N-dealkylation sites (tertiary alicyclic amines) is 1. The first kappa shape index (κ1) is 20.3. The second-order valence-electron chi connectivity index (χ2n) is 7.91. The van der Waals surface area contributed by atoms with Crippen LogP contribution in [0.3, 0.4) is 0 Å². The van der Waals surface area contributed by atoms with E-state index in [2.05, 4.69) is 26.6 Å². The molecule has 2 fully saturated rings. The third kappa shape index (κ3) is 5.52. The Morgan fingerprint density at radius 3 is 2.50 bits per heavy atom. The van der Waals surface area contributed by atoms with Gasteiger partial charge < -0.3 is 10.6 Å². The van der Waals surface area contributed by atoms with Crippen LogP contribution in [0, 0.1) is 17.2 Å². The van der Waals surface area contributed by atoms with E-state index in [1.807, 2.05) is 12.1 Å². The molecule has 0 spiro atoms. The van der Waals surface area contributed by atoms with Gasteiger partial charge in [0, 0.05) is 12.1 Å². The Labute approximate surface area is 166 Å². The summed E-state index contributed by atoms with van der Waals surface area (Å²) in [5.74, 6) is 0.415. The number of carbonyl (C=O) groups excluding carboxylic acids is 2. The van der Waals surface area contributed by atoms with Gasteiger partial charge in [-0.15, -0.1) is 0 Å². The quantitative estimate of drug-likeness (QED) is 0.761. The molecule has 2 heterocycles. The number of nitrogens with one attached hydrogen (secondary N) is 2. The van der Waals surface area contributed by atoms with E-state index in [0.29, 0.717) is 18.9 Å². The molecule has 0 bridgehead atoms. The monoisotopic (exact) mass is 383 g/mol. The molecule has 2 N–H and O–H groups in total. The lowest BCUT2D eigenvalue weighted by molar-refractivity contribution is -0.124. The van der Waals surface area contributed by atoms with Crippen LogP contribution < -0.4 is 10.6 Å². The summed E-state index contributed by atoms with van der Waals surface area (Å²) in [7, 11) is 0. The maximum absolute atomic E-state index is 12.5. The number of rotatable bonds is 5. The molecule has 150 valence electrons. The third-order valence-electron chi connectivity index (χ3n) is 5.79. The molecule has 1 saturated carbocycles. The van der Waals surface area contributed by atoms with Crippen molar-refractivity contribution in [1.82, 2.24) is 15.2 Å². The van der Waals surface area contributed by atoms with Gasteiger partial charge in [0.15, 0.2) is 0 Å². The molecule has 1 saturated heterocycles. The lowest BCUT2D eigenvalue weighted by atomic mass is 9.91. The lowest BCUT2D eigenvalue weighted by Gasteiger charge is -2.32. The van der Waals surface area contributed by atoms with E-state index in [4.69, 9.17) is 0 Å². The first-order valence-electron chi connectivity index (χ1n) is 10.3. The molecule has 3 rings (SSSR count). The summed E-state index contributed by atoms with van der Waals surface area (Å²) in [6, 6.07) is 7.78. The predicted octanol–water partition coefficient (Wildman–Crippen LogP) is 2.46. The maximum Gasteiger partial charge on any atom is 0.235 e. The van der Waals surface area contributed by atoms with Crippen molar-refractivity contribution in [2.45, 2.75) is 56.9 Å². The Bertz CT molecular complexity index is 699. The largest absolute Gasteiger partial charge is 0.337 e. The number of aromatic nitrogens is 1. The van der Waals surface area contributed by atoms with E-state index < -0.39 is 5.54 Å². The van der Waals surface area contributed by atoms with Crippen LogP contribution in [0.15, 0.2) is 24.4 Å². The minimum Gasteiger partial charge on any atom is -0.337 e. The summed E-state index contributed by atoms with van der Waals surface area (Å²) >= 11 is 0. The van der Waals surface area contributed by atoms with E-state index in [9.17, 15) is 14.9 Å². The van der Waals surface area contributed by atoms with Crippen molar-refractivity contribution in [3.05, 3.63) is 24.4 Å². The predicted molar refractivity (Wildman–Crippen MR) is 106 cm³/mol. The minimum absolute atomic E-state index is 0.00955. The fourth-order valence-electron chi connectivity index (χ4n) is 4.12. The Morgan fingerprint density at radius 2 is 1.89 bits per heavy atom. The molecule has 0 unspecified atom stereocenters. The van der Waals surface area contributed by atoms with E-state index in [0.717, 1.165) is 51.4 Å². The summed E-state index contributed by atoms with van der Waals surface area (Å²) in [4.78, 5) is 31.1. The molecule has 7 nitrogen and oxygen atoms in total. The summed E-state index contributed by atoms with van der Waals surface area (Å²) in [5.41, 5.74) is -0.700. The first-order valence-corrected chi connectivity index (χ1v) is 10.3. The number of amides is 2. The molecule has 1 aliphatic heterocycles. The van der Waals surface area contributed by atoms with Gasteiger partial charge in [0.2, 0.25) is 11.8 Å². The summed E-state index contributed by atoms with van der Waals surface area (Å²) in [6.45, 7) is 1.69. The SMILES string of the molecule is N#CC1(NC(=O)CN2CCC(C(=O)Nc3ccccn3)CC2)CCCCCC1. The molecule has 1 aliphatic carbocycles. The molecule has 1 aromatic heterocycles. The molecule has 2 aliphatic rings. The maximum atomic E-state index is 12.5. The number of hydrogen-bond acceptors (Lipinski definition) is 5. The van der Waals surface area contributed by atoms with Gasteiger partial charge in [-0.25, -0.2) is 4.98 Å². The summed E-state index contributed by atoms with van der Waals surface area (Å²) in [6.07, 6.45) is 8.82. The second-order valence-corrected chi connectivity index (χ2v) is 7.91. The van der Waals surface area contributed by atoms with Crippen molar-refractivity contribution in [3.63, 3.8) is 0 Å². The molecule has 1 aromatic rings. The number of piperidine rings is 1. The Balaban J connectivity index is 1.44. The number of carbonyl (C=O) groups is 2. The normalized spacial score (nSPS) is 20.5. The standard InChI is InChI=1S/C21H29N5O2/c22-16-21(10-4-1-2-5-11-21)25-19(27)15-26-13-8-17(9-14-26)20(28)24-18-7-3-6-12-23-18/h3,6-7,12,17H,1-2,4-5,8-11,13-15H2,(H,25,27)(H,23,24,28). The van der Waals surface area contributed by atoms with Crippen LogP contribution in [0.2, 0.25) is 0 Å². The number of nitrogens with zero attached hydrogens (tertiary/aromatic N) is 3. The molecule has 2 amide bonds. The van der Waals surface area contributed by atoms with Crippen molar-refractivity contribution in [1.29, 1.82) is 5.26 Å². The molecule has 0 aromatic carbocycles. The smallest absolute Gasteiger partial charge is 0.235 e. The van der Waals surface area contributed by atoms with Gasteiger partial charge >= 0.3 is 0 Å². The highest BCUT2D eigenvalue weighted by atomic mass is 16.2. The Morgan fingerprint density at radius 1 is 1.18 bits per heavy atom. The minimum atomic E-state index is -0.700. The fourth-order valence-corrected chi connectivity index (χ4v) is 4.12. The highest BCUT2D eigenvalue weighted by Crippen LogP contribution is 2.26. The van der Waals surface area contributed by atoms with E-state index in [1.54, 1.807) is 12.3 Å². The number of anilines is 1. The van der Waals surface area contributed by atoms with Gasteiger partial charge in [0.05, 0.1) is 12.6 Å². The van der Waals surface area contributed by atoms with Crippen LogP contribution >= 0.6 is 0 Å². The van der Waals surface area contributed by atoms with Crippen LogP contribution in [-0.2, 0) is 9.59 Å². The molecule has 28 heavy (non-hydrogen) atoms. The van der Waals surface area contributed by atoms with Crippen molar-refractivity contribution in [3.8, 4) is 6.07 Å². The Hall–Kier alpha value is -2.46. The van der Waals surface area contributed by atoms with Crippen molar-refractivity contribution in [2.75, 3.05) is 25.0 Å². The zero-order valence-corrected chi connectivity index (χ0v) is 16.3. The first-order chi connectivity index (χ1) is 13.6. The number of nitriles is 1. The summed E-state index contributed by atoms with van der Waals surface area (Å²) in [5, 5.41) is 15.5. The van der Waals surface area contributed by atoms with E-state index >= 15 is 0 Å². The fraction of sp³-hybridized carbons (Fsp3) is 0.619. The van der Waals surface area contributed by atoms with Gasteiger partial charge in [0.25, 0.3) is 0 Å². The molecule has 0 atom stereocenters. The Kier molecular flexibility index (Phi) is 6.99. The van der Waals surface area contributed by atoms with E-state index in [-0.39, 0.29) is 24.3 Å². The van der Waals surface area contributed by atoms with E-state index in [1.165, 1.54) is 0 Å². The van der Waals surface area contributed by atoms with Crippen molar-refractivity contribution in [2.24, 2.45) is 5.92 Å². The van der Waals surface area contributed by atoms with Gasteiger partial charge in [-0.2, -0.15) is 5.26 Å². The van der Waals surface area contributed by atoms with Crippen LogP contribution in [-0.4, -0.2) is 46.9 Å². The number of hydrogen-bond donors (Lipinski definition) is 2. The van der Waals surface area contributed by atoms with Crippen LogP contribution in [0.1, 0.15) is 51.4 Å².